The lowest BCUT2D eigenvalue weighted by molar-refractivity contribution is -0.144. The van der Waals surface area contributed by atoms with E-state index in [9.17, 15) is 14.7 Å². The molecule has 0 unspecified atom stereocenters. The highest BCUT2D eigenvalue weighted by molar-refractivity contribution is 6.31. The second-order valence-electron chi connectivity index (χ2n) is 15.4. The number of hydrogen-bond donors (Lipinski definition) is 1. The smallest absolute Gasteiger partial charge is 0.233 e. The minimum Gasteiger partial charge on any atom is -0.508 e. The minimum atomic E-state index is -1.36. The standard InChI is InChI=1S/C46H42N2O5/c49-39-19-11-10-18-34(39)42-33-20-21-35-41(45(53)48(44(35)52)32-22-24-47(25-23-32)28-29-12-4-1-5-13-29)37(33)26-38-43(51)36(30-14-6-2-7-15-30)27-40(50)46(38,42)31-16-8-3-9-17-31/h1-20,27,32,35,37-38,41-42,49H,21-26,28H2/t35-,37+,38-,41-,42+,46-/m0/s1. The summed E-state index contributed by atoms with van der Waals surface area (Å²) in [4.78, 5) is 63.2. The van der Waals surface area contributed by atoms with Crippen LogP contribution in [0.2, 0.25) is 0 Å². The highest BCUT2D eigenvalue weighted by atomic mass is 16.3. The molecular formula is C46H42N2O5. The molecule has 2 aliphatic heterocycles. The van der Waals surface area contributed by atoms with E-state index in [1.807, 2.05) is 91.0 Å². The first-order chi connectivity index (χ1) is 25.9. The van der Waals surface area contributed by atoms with Crippen molar-refractivity contribution in [3.63, 3.8) is 0 Å². The fourth-order valence-electron chi connectivity index (χ4n) is 10.5. The SMILES string of the molecule is O=C1C(c2ccccc2)=CC(=O)[C@@]2(c3ccccc3)[C@@H](c3ccccc3O)C3=CC[C@@H]4C(=O)N(C5CCN(Cc6ccccc6)CC5)C(=O)[C@@H]4[C@@H]3C[C@@H]12. The molecule has 6 atom stereocenters. The van der Waals surface area contributed by atoms with Gasteiger partial charge in [0.1, 0.15) is 5.75 Å². The van der Waals surface area contributed by atoms with Gasteiger partial charge in [-0.25, -0.2) is 0 Å². The predicted molar refractivity (Wildman–Crippen MR) is 201 cm³/mol. The van der Waals surface area contributed by atoms with Crippen molar-refractivity contribution in [1.29, 1.82) is 0 Å². The van der Waals surface area contributed by atoms with Gasteiger partial charge in [-0.15, -0.1) is 0 Å². The molecule has 0 aromatic heterocycles. The minimum absolute atomic E-state index is 0.0334. The lowest BCUT2D eigenvalue weighted by Crippen LogP contribution is -2.58. The van der Waals surface area contributed by atoms with Crippen LogP contribution in [0.1, 0.15) is 53.9 Å². The summed E-state index contributed by atoms with van der Waals surface area (Å²) in [6, 6.07) is 36.0. The molecule has 5 aliphatic rings. The number of piperidine rings is 1. The number of para-hydroxylation sites is 1. The highest BCUT2D eigenvalue weighted by Gasteiger charge is 2.66. The molecule has 1 N–H and O–H groups in total. The molecule has 7 nitrogen and oxygen atoms in total. The number of phenols is 1. The number of phenolic OH excluding ortho intramolecular Hbond substituents is 1. The zero-order valence-corrected chi connectivity index (χ0v) is 29.5. The maximum Gasteiger partial charge on any atom is 0.233 e. The van der Waals surface area contributed by atoms with Crippen molar-refractivity contribution in [2.75, 3.05) is 13.1 Å². The molecule has 2 saturated heterocycles. The van der Waals surface area contributed by atoms with Crippen LogP contribution < -0.4 is 0 Å². The van der Waals surface area contributed by atoms with Crippen molar-refractivity contribution in [1.82, 2.24) is 9.80 Å². The van der Waals surface area contributed by atoms with Gasteiger partial charge in [-0.2, -0.15) is 0 Å². The molecule has 7 heteroatoms. The third kappa shape index (κ3) is 5.27. The average molecular weight is 703 g/mol. The van der Waals surface area contributed by atoms with Crippen molar-refractivity contribution in [2.24, 2.45) is 23.7 Å². The number of likely N-dealkylation sites (tertiary alicyclic amines) is 2. The first kappa shape index (κ1) is 33.4. The van der Waals surface area contributed by atoms with Crippen molar-refractivity contribution in [2.45, 2.75) is 49.6 Å². The molecule has 4 aromatic carbocycles. The molecule has 1 saturated carbocycles. The quantitative estimate of drug-likeness (QED) is 0.174. The van der Waals surface area contributed by atoms with Gasteiger partial charge in [-0.1, -0.05) is 121 Å². The molecule has 0 radical (unpaired) electrons. The number of carbonyl (C=O) groups is 4. The lowest BCUT2D eigenvalue weighted by atomic mass is 9.44. The van der Waals surface area contributed by atoms with Crippen molar-refractivity contribution >= 4 is 29.0 Å². The second kappa shape index (κ2) is 13.2. The molecule has 9 rings (SSSR count). The zero-order chi connectivity index (χ0) is 36.3. The number of imide groups is 1. The first-order valence-corrected chi connectivity index (χ1v) is 18.9. The Morgan fingerprint density at radius 1 is 0.717 bits per heavy atom. The average Bonchev–Trinajstić information content (AvgIpc) is 3.46. The van der Waals surface area contributed by atoms with E-state index in [1.165, 1.54) is 11.6 Å². The highest BCUT2D eigenvalue weighted by Crippen LogP contribution is 2.64. The van der Waals surface area contributed by atoms with Gasteiger partial charge in [0, 0.05) is 48.6 Å². The summed E-state index contributed by atoms with van der Waals surface area (Å²) in [6.45, 7) is 2.42. The van der Waals surface area contributed by atoms with Crippen molar-refractivity contribution < 1.29 is 24.3 Å². The van der Waals surface area contributed by atoms with Gasteiger partial charge < -0.3 is 5.11 Å². The Labute approximate surface area is 309 Å². The number of hydrogen-bond acceptors (Lipinski definition) is 6. The fourth-order valence-corrected chi connectivity index (χ4v) is 10.5. The van der Waals surface area contributed by atoms with E-state index < -0.39 is 35.0 Å². The second-order valence-corrected chi connectivity index (χ2v) is 15.4. The van der Waals surface area contributed by atoms with Gasteiger partial charge in [0.15, 0.2) is 11.6 Å². The molecule has 2 amide bonds. The van der Waals surface area contributed by atoms with Crippen molar-refractivity contribution in [3.8, 4) is 5.75 Å². The number of amides is 2. The maximum atomic E-state index is 15.1. The summed E-state index contributed by atoms with van der Waals surface area (Å²) < 4.78 is 0. The van der Waals surface area contributed by atoms with Crippen LogP contribution in [0.15, 0.2) is 133 Å². The summed E-state index contributed by atoms with van der Waals surface area (Å²) >= 11 is 0. The molecule has 4 aromatic rings. The first-order valence-electron chi connectivity index (χ1n) is 18.9. The number of Topliss-reactive ketones (excluding diaryl/α,β-unsaturated/α-hetero) is 1. The zero-order valence-electron chi connectivity index (χ0n) is 29.5. The normalized spacial score (nSPS) is 28.9. The summed E-state index contributed by atoms with van der Waals surface area (Å²) in [5.74, 6) is -3.76. The topological polar surface area (TPSA) is 95.0 Å². The number of aromatic hydroxyl groups is 1. The number of fused-ring (bicyclic) bond motifs is 4. The van der Waals surface area contributed by atoms with Crippen LogP contribution in [0.5, 0.6) is 5.75 Å². The van der Waals surface area contributed by atoms with Crippen LogP contribution in [0.25, 0.3) is 5.57 Å². The molecule has 0 bridgehead atoms. The molecule has 53 heavy (non-hydrogen) atoms. The van der Waals surface area contributed by atoms with E-state index in [0.717, 1.165) is 25.2 Å². The lowest BCUT2D eigenvalue weighted by Gasteiger charge is -2.55. The van der Waals surface area contributed by atoms with Crippen LogP contribution in [0.3, 0.4) is 0 Å². The molecule has 2 heterocycles. The monoisotopic (exact) mass is 702 g/mol. The Bertz CT molecular complexity index is 2150. The molecule has 266 valence electrons. The van der Waals surface area contributed by atoms with E-state index in [4.69, 9.17) is 0 Å². The Morgan fingerprint density at radius 3 is 2.06 bits per heavy atom. The van der Waals surface area contributed by atoms with Gasteiger partial charge in [-0.3, -0.25) is 29.0 Å². The van der Waals surface area contributed by atoms with Crippen LogP contribution in [0.4, 0.5) is 0 Å². The van der Waals surface area contributed by atoms with Crippen LogP contribution in [-0.2, 0) is 31.1 Å². The number of ketones is 2. The number of allylic oxidation sites excluding steroid dienone is 4. The third-order valence-corrected chi connectivity index (χ3v) is 12.8. The number of rotatable bonds is 6. The number of benzene rings is 4. The Kier molecular flexibility index (Phi) is 8.34. The number of carbonyl (C=O) groups excluding carboxylic acids is 4. The third-order valence-electron chi connectivity index (χ3n) is 12.8. The summed E-state index contributed by atoms with van der Waals surface area (Å²) in [5, 5.41) is 11.5. The summed E-state index contributed by atoms with van der Waals surface area (Å²) in [5.41, 5.74) is 3.04. The molecule has 3 fully saturated rings. The van der Waals surface area contributed by atoms with Crippen LogP contribution in [0, 0.1) is 23.7 Å². The van der Waals surface area contributed by atoms with Gasteiger partial charge in [0.2, 0.25) is 11.8 Å². The van der Waals surface area contributed by atoms with Gasteiger partial charge in [-0.05, 0) is 60.4 Å². The Balaban J connectivity index is 1.12. The predicted octanol–water partition coefficient (Wildman–Crippen LogP) is 6.88. The summed E-state index contributed by atoms with van der Waals surface area (Å²) in [7, 11) is 0. The van der Waals surface area contributed by atoms with E-state index in [-0.39, 0.29) is 41.6 Å². The van der Waals surface area contributed by atoms with Gasteiger partial charge in [0.05, 0.1) is 17.3 Å². The van der Waals surface area contributed by atoms with E-state index in [2.05, 4.69) is 23.1 Å². The molecule has 0 spiro atoms. The maximum absolute atomic E-state index is 15.1. The Hall–Kier alpha value is -5.40. The van der Waals surface area contributed by atoms with Gasteiger partial charge in [0.25, 0.3) is 0 Å². The Morgan fingerprint density at radius 2 is 1.36 bits per heavy atom. The number of nitrogens with zero attached hydrogens (tertiary/aromatic N) is 2. The van der Waals surface area contributed by atoms with Crippen LogP contribution in [-0.4, -0.2) is 57.4 Å². The fraction of sp³-hybridized carbons (Fsp3) is 0.304. The van der Waals surface area contributed by atoms with E-state index >= 15 is 9.59 Å². The van der Waals surface area contributed by atoms with Gasteiger partial charge >= 0.3 is 0 Å². The van der Waals surface area contributed by atoms with E-state index in [1.54, 1.807) is 17.0 Å². The van der Waals surface area contributed by atoms with E-state index in [0.29, 0.717) is 41.5 Å². The van der Waals surface area contributed by atoms with Crippen LogP contribution >= 0.6 is 0 Å². The molecular weight excluding hydrogens is 661 g/mol. The largest absolute Gasteiger partial charge is 0.508 e. The van der Waals surface area contributed by atoms with Crippen molar-refractivity contribution in [3.05, 3.63) is 155 Å². The molecule has 3 aliphatic carbocycles. The summed E-state index contributed by atoms with van der Waals surface area (Å²) in [6.07, 6.45) is 5.63.